The van der Waals surface area contributed by atoms with Crippen molar-refractivity contribution in [1.29, 1.82) is 0 Å². The van der Waals surface area contributed by atoms with Crippen LogP contribution in [0.2, 0.25) is 5.02 Å². The number of likely N-dealkylation sites (tertiary alicyclic amines) is 1. The number of methoxy groups -OCH3 is 1. The molecule has 1 saturated heterocycles. The van der Waals surface area contributed by atoms with Gasteiger partial charge in [0.2, 0.25) is 0 Å². The molecule has 1 fully saturated rings. The first-order valence-corrected chi connectivity index (χ1v) is 10.9. The van der Waals surface area contributed by atoms with E-state index < -0.39 is 0 Å². The Morgan fingerprint density at radius 3 is 2.57 bits per heavy atom. The number of ether oxygens (including phenoxy) is 1. The van der Waals surface area contributed by atoms with Crippen molar-refractivity contribution in [2.24, 2.45) is 11.0 Å². The molecule has 0 aliphatic carbocycles. The average Bonchev–Trinajstić information content (AvgIpc) is 3.21. The Bertz CT molecular complexity index is 938. The normalized spacial score (nSPS) is 20.3. The molecule has 2 aliphatic rings. The van der Waals surface area contributed by atoms with Crippen LogP contribution in [-0.4, -0.2) is 48.3 Å². The van der Waals surface area contributed by atoms with Crippen molar-refractivity contribution in [2.45, 2.75) is 32.2 Å². The van der Waals surface area contributed by atoms with Gasteiger partial charge in [0.15, 0.2) is 0 Å². The number of hydrogen-bond acceptors (Lipinski definition) is 4. The number of carbonyl (C=O) groups is 1. The van der Waals surface area contributed by atoms with Gasteiger partial charge in [-0.2, -0.15) is 5.10 Å². The molecule has 2 heterocycles. The minimum atomic E-state index is -0.205. The van der Waals surface area contributed by atoms with Gasteiger partial charge >= 0.3 is 0 Å². The molecule has 1 unspecified atom stereocenters. The van der Waals surface area contributed by atoms with E-state index in [1.54, 1.807) is 12.1 Å². The van der Waals surface area contributed by atoms with E-state index in [2.05, 4.69) is 11.8 Å². The molecule has 1 atom stereocenters. The Balaban J connectivity index is 1.63. The summed E-state index contributed by atoms with van der Waals surface area (Å²) in [5.74, 6) is 1.51. The molecule has 2 aliphatic heterocycles. The highest BCUT2D eigenvalue weighted by Crippen LogP contribution is 2.38. The van der Waals surface area contributed by atoms with Gasteiger partial charge in [-0.05, 0) is 44.0 Å². The predicted molar refractivity (Wildman–Crippen MR) is 120 cm³/mol. The predicted octanol–water partition coefficient (Wildman–Crippen LogP) is 4.76. The molecular formula is C24H28ClN3O2. The highest BCUT2D eigenvalue weighted by molar-refractivity contribution is 6.34. The van der Waals surface area contributed by atoms with Gasteiger partial charge in [0.25, 0.3) is 5.91 Å². The minimum absolute atomic E-state index is 0.0162. The van der Waals surface area contributed by atoms with E-state index in [0.29, 0.717) is 18.0 Å². The maximum absolute atomic E-state index is 13.3. The van der Waals surface area contributed by atoms with E-state index in [-0.39, 0.29) is 11.9 Å². The molecule has 5 nitrogen and oxygen atoms in total. The van der Waals surface area contributed by atoms with E-state index in [4.69, 9.17) is 21.4 Å². The summed E-state index contributed by atoms with van der Waals surface area (Å²) in [6.45, 7) is 4.58. The van der Waals surface area contributed by atoms with Crippen LogP contribution in [0.3, 0.4) is 0 Å². The highest BCUT2D eigenvalue weighted by Gasteiger charge is 2.36. The molecule has 4 rings (SSSR count). The quantitative estimate of drug-likeness (QED) is 0.693. The fourth-order valence-corrected chi connectivity index (χ4v) is 4.51. The van der Waals surface area contributed by atoms with Crippen LogP contribution >= 0.6 is 11.6 Å². The lowest BCUT2D eigenvalue weighted by Crippen LogP contribution is -2.41. The molecule has 6 heteroatoms. The summed E-state index contributed by atoms with van der Waals surface area (Å²) < 4.78 is 5.59. The van der Waals surface area contributed by atoms with Crippen LogP contribution in [0.1, 0.15) is 43.4 Å². The summed E-state index contributed by atoms with van der Waals surface area (Å²) in [7, 11) is 1.66. The fraction of sp³-hybridized carbons (Fsp3) is 0.417. The van der Waals surface area contributed by atoms with Gasteiger partial charge < -0.3 is 4.74 Å². The van der Waals surface area contributed by atoms with E-state index in [0.717, 1.165) is 54.4 Å². The lowest BCUT2D eigenvalue weighted by Gasteiger charge is -2.31. The van der Waals surface area contributed by atoms with Crippen molar-refractivity contribution in [1.82, 2.24) is 9.91 Å². The molecule has 0 spiro atoms. The molecule has 2 aromatic carbocycles. The highest BCUT2D eigenvalue weighted by atomic mass is 35.5. The van der Waals surface area contributed by atoms with E-state index in [1.165, 1.54) is 0 Å². The molecule has 30 heavy (non-hydrogen) atoms. The molecule has 0 bridgehead atoms. The third kappa shape index (κ3) is 4.37. The van der Waals surface area contributed by atoms with Crippen molar-refractivity contribution >= 4 is 23.2 Å². The average molecular weight is 426 g/mol. The van der Waals surface area contributed by atoms with Gasteiger partial charge in [-0.25, -0.2) is 5.01 Å². The molecule has 1 amide bonds. The van der Waals surface area contributed by atoms with Crippen molar-refractivity contribution in [3.05, 3.63) is 64.7 Å². The second-order valence-electron chi connectivity index (χ2n) is 8.19. The van der Waals surface area contributed by atoms with E-state index in [1.807, 2.05) is 48.5 Å². The Morgan fingerprint density at radius 1 is 1.13 bits per heavy atom. The van der Waals surface area contributed by atoms with Gasteiger partial charge in [0, 0.05) is 22.6 Å². The zero-order valence-corrected chi connectivity index (χ0v) is 18.3. The zero-order valence-electron chi connectivity index (χ0n) is 17.6. The summed E-state index contributed by atoms with van der Waals surface area (Å²) in [5, 5.41) is 7.06. The monoisotopic (exact) mass is 425 g/mol. The lowest BCUT2D eigenvalue weighted by atomic mass is 9.97. The van der Waals surface area contributed by atoms with Crippen LogP contribution in [0.4, 0.5) is 0 Å². The van der Waals surface area contributed by atoms with Crippen molar-refractivity contribution in [3.63, 3.8) is 0 Å². The number of benzene rings is 2. The van der Waals surface area contributed by atoms with E-state index in [9.17, 15) is 4.79 Å². The zero-order chi connectivity index (χ0) is 21.1. The molecule has 2 aromatic rings. The van der Waals surface area contributed by atoms with Gasteiger partial charge in [-0.15, -0.1) is 0 Å². The number of hydrogen-bond donors (Lipinski definition) is 0. The van der Waals surface area contributed by atoms with Crippen LogP contribution < -0.4 is 4.74 Å². The number of hydrazone groups is 1. The number of piperidine rings is 1. The van der Waals surface area contributed by atoms with Crippen molar-refractivity contribution in [3.8, 4) is 5.75 Å². The standard InChI is InChI=1S/C24H28ClN3O2/c1-17-11-13-27(14-12-17)16-24(29)28-22(19-8-4-6-10-23(19)30-2)15-21(26-28)18-7-3-5-9-20(18)25/h3-10,17,22H,11-16H2,1-2H3. The summed E-state index contributed by atoms with van der Waals surface area (Å²) >= 11 is 6.44. The summed E-state index contributed by atoms with van der Waals surface area (Å²) in [4.78, 5) is 15.6. The third-order valence-corrected chi connectivity index (χ3v) is 6.41. The minimum Gasteiger partial charge on any atom is -0.496 e. The number of rotatable bonds is 5. The number of carbonyl (C=O) groups excluding carboxylic acids is 1. The number of amides is 1. The first kappa shape index (κ1) is 20.9. The van der Waals surface area contributed by atoms with Crippen molar-refractivity contribution < 1.29 is 9.53 Å². The Hall–Kier alpha value is -2.37. The van der Waals surface area contributed by atoms with Crippen LogP contribution in [0, 0.1) is 5.92 Å². The summed E-state index contributed by atoms with van der Waals surface area (Å²) in [5.41, 5.74) is 2.67. The maximum Gasteiger partial charge on any atom is 0.257 e. The molecule has 0 saturated carbocycles. The molecule has 0 N–H and O–H groups in total. The Morgan fingerprint density at radius 2 is 1.83 bits per heavy atom. The van der Waals surface area contributed by atoms with Gasteiger partial charge in [0.1, 0.15) is 5.75 Å². The largest absolute Gasteiger partial charge is 0.496 e. The molecule has 158 valence electrons. The lowest BCUT2D eigenvalue weighted by molar-refractivity contribution is -0.134. The topological polar surface area (TPSA) is 45.1 Å². The maximum atomic E-state index is 13.3. The second kappa shape index (κ2) is 9.19. The summed E-state index contributed by atoms with van der Waals surface area (Å²) in [6.07, 6.45) is 2.88. The van der Waals surface area contributed by atoms with Gasteiger partial charge in [-0.3, -0.25) is 9.69 Å². The van der Waals surface area contributed by atoms with Gasteiger partial charge in [0.05, 0.1) is 25.4 Å². The third-order valence-electron chi connectivity index (χ3n) is 6.08. The van der Waals surface area contributed by atoms with Gasteiger partial charge in [-0.1, -0.05) is 54.9 Å². The first-order chi connectivity index (χ1) is 14.6. The van der Waals surface area contributed by atoms with Crippen LogP contribution in [-0.2, 0) is 4.79 Å². The Labute approximate surface area is 183 Å². The number of para-hydroxylation sites is 1. The Kier molecular flexibility index (Phi) is 6.40. The number of nitrogens with zero attached hydrogens (tertiary/aromatic N) is 3. The van der Waals surface area contributed by atoms with Crippen LogP contribution in [0.5, 0.6) is 5.75 Å². The van der Waals surface area contributed by atoms with Crippen molar-refractivity contribution in [2.75, 3.05) is 26.7 Å². The van der Waals surface area contributed by atoms with Crippen LogP contribution in [0.15, 0.2) is 53.6 Å². The summed E-state index contributed by atoms with van der Waals surface area (Å²) in [6, 6.07) is 15.3. The second-order valence-corrected chi connectivity index (χ2v) is 8.59. The van der Waals surface area contributed by atoms with Crippen LogP contribution in [0.25, 0.3) is 0 Å². The molecule has 0 aromatic heterocycles. The first-order valence-electron chi connectivity index (χ1n) is 10.6. The SMILES string of the molecule is COc1ccccc1C1CC(c2ccccc2Cl)=NN1C(=O)CN1CCC(C)CC1. The molecular weight excluding hydrogens is 398 g/mol. The smallest absolute Gasteiger partial charge is 0.257 e. The fourth-order valence-electron chi connectivity index (χ4n) is 4.27. The number of halogens is 1. The molecule has 0 radical (unpaired) electrons. The van der Waals surface area contributed by atoms with E-state index >= 15 is 0 Å².